The summed E-state index contributed by atoms with van der Waals surface area (Å²) in [5.41, 5.74) is 0. The van der Waals surface area contributed by atoms with Crippen molar-refractivity contribution in [1.29, 1.82) is 0 Å². The van der Waals surface area contributed by atoms with E-state index < -0.39 is 0 Å². The molecule has 0 rings (SSSR count). The Labute approximate surface area is 279 Å². The highest BCUT2D eigenvalue weighted by Gasteiger charge is 2.08. The lowest BCUT2D eigenvalue weighted by molar-refractivity contribution is 0.382. The van der Waals surface area contributed by atoms with Gasteiger partial charge in [0.1, 0.15) is 0 Å². The average molecular weight is 609 g/mol. The zero-order valence-electron chi connectivity index (χ0n) is 30.4. The Morgan fingerprint density at radius 1 is 0.341 bits per heavy atom. The van der Waals surface area contributed by atoms with Crippen LogP contribution in [0.2, 0.25) is 0 Å². The first-order chi connectivity index (χ1) is 21.8. The maximum atomic E-state index is 3.99. The highest BCUT2D eigenvalue weighted by Crippen LogP contribution is 2.24. The van der Waals surface area contributed by atoms with Gasteiger partial charge in [-0.2, -0.15) is 0 Å². The molecule has 0 aromatic heterocycles. The van der Waals surface area contributed by atoms with Gasteiger partial charge in [0.15, 0.2) is 0 Å². The second-order valence-electron chi connectivity index (χ2n) is 13.5. The minimum absolute atomic E-state index is 0.940. The molecule has 0 aliphatic rings. The number of rotatable bonds is 36. The van der Waals surface area contributed by atoms with Crippen LogP contribution in [0.1, 0.15) is 213 Å². The van der Waals surface area contributed by atoms with Gasteiger partial charge in [0.2, 0.25) is 0 Å². The zero-order valence-corrected chi connectivity index (χ0v) is 30.4. The molecule has 0 nitrogen and oxygen atoms in total. The van der Waals surface area contributed by atoms with Crippen molar-refractivity contribution in [3.63, 3.8) is 0 Å². The molecule has 0 aromatic rings. The van der Waals surface area contributed by atoms with Gasteiger partial charge in [-0.05, 0) is 83.0 Å². The standard InChI is InChI=1S/C44H80/c1-4-7-10-12-14-16-18-20-22-24-26-28-30-32-34-36-38-40-43-44(41-9-6-3)42-39-37-35-33-31-29-27-25-23-21-19-17-15-13-11-8-5-2/h6,14-17,20-23,44H,3-5,7-13,18-19,24-43H2,1-2H3/b16-14-,17-15-,22-20-,23-21-. The van der Waals surface area contributed by atoms with Crippen LogP contribution in [0, 0.1) is 5.92 Å². The van der Waals surface area contributed by atoms with Crippen LogP contribution in [0.15, 0.2) is 61.3 Å². The fraction of sp³-hybridized carbons (Fsp3) is 0.773. The SMILES string of the molecule is C=CCCC(CCCCCCCCC/C=C\C/C=C\CCCCC)CCCCCCCCCC/C=C\C/C=C\CCCCC. The molecule has 0 fully saturated rings. The van der Waals surface area contributed by atoms with Gasteiger partial charge in [-0.3, -0.25) is 0 Å². The first-order valence-electron chi connectivity index (χ1n) is 20.1. The van der Waals surface area contributed by atoms with E-state index in [0.29, 0.717) is 0 Å². The molecule has 1 unspecified atom stereocenters. The molecule has 0 saturated carbocycles. The number of hydrogen-bond acceptors (Lipinski definition) is 0. The lowest BCUT2D eigenvalue weighted by Crippen LogP contribution is -2.01. The first kappa shape index (κ1) is 42.7. The van der Waals surface area contributed by atoms with Gasteiger partial charge >= 0.3 is 0 Å². The molecule has 0 amide bonds. The minimum atomic E-state index is 0.940. The largest absolute Gasteiger partial charge is 0.103 e. The van der Waals surface area contributed by atoms with Gasteiger partial charge in [-0.25, -0.2) is 0 Å². The van der Waals surface area contributed by atoms with Crippen molar-refractivity contribution in [2.24, 2.45) is 5.92 Å². The van der Waals surface area contributed by atoms with Gasteiger partial charge in [0.05, 0.1) is 0 Å². The van der Waals surface area contributed by atoms with Crippen molar-refractivity contribution in [2.75, 3.05) is 0 Å². The molecule has 1 atom stereocenters. The lowest BCUT2D eigenvalue weighted by Gasteiger charge is -2.16. The Hall–Kier alpha value is -1.30. The summed E-state index contributed by atoms with van der Waals surface area (Å²) in [4.78, 5) is 0. The molecule has 44 heavy (non-hydrogen) atoms. The smallest absolute Gasteiger partial charge is 0.0169 e. The molecule has 0 heterocycles. The van der Waals surface area contributed by atoms with Gasteiger partial charge in [0.25, 0.3) is 0 Å². The maximum absolute atomic E-state index is 3.99. The summed E-state index contributed by atoms with van der Waals surface area (Å²) in [6.45, 7) is 8.53. The summed E-state index contributed by atoms with van der Waals surface area (Å²) in [6, 6.07) is 0. The third-order valence-electron chi connectivity index (χ3n) is 9.16. The number of hydrogen-bond donors (Lipinski definition) is 0. The molecular formula is C44H80. The monoisotopic (exact) mass is 609 g/mol. The van der Waals surface area contributed by atoms with Crippen LogP contribution in [-0.2, 0) is 0 Å². The second-order valence-corrected chi connectivity index (χ2v) is 13.5. The number of allylic oxidation sites excluding steroid dienone is 9. The van der Waals surface area contributed by atoms with E-state index in [9.17, 15) is 0 Å². The third kappa shape index (κ3) is 36.9. The van der Waals surface area contributed by atoms with Crippen molar-refractivity contribution in [3.8, 4) is 0 Å². The maximum Gasteiger partial charge on any atom is -0.0169 e. The third-order valence-corrected chi connectivity index (χ3v) is 9.16. The molecule has 0 heteroatoms. The summed E-state index contributed by atoms with van der Waals surface area (Å²) in [6.07, 6.45) is 63.4. The van der Waals surface area contributed by atoms with Crippen LogP contribution < -0.4 is 0 Å². The molecular weight excluding hydrogens is 528 g/mol. The summed E-state index contributed by atoms with van der Waals surface area (Å²) in [7, 11) is 0. The molecule has 0 saturated heterocycles. The summed E-state index contributed by atoms with van der Waals surface area (Å²) >= 11 is 0. The Bertz CT molecular complexity index is 647. The van der Waals surface area contributed by atoms with E-state index in [0.717, 1.165) is 18.8 Å². The Kier molecular flexibility index (Phi) is 38.6. The van der Waals surface area contributed by atoms with Crippen molar-refractivity contribution in [3.05, 3.63) is 61.3 Å². The summed E-state index contributed by atoms with van der Waals surface area (Å²) in [5, 5.41) is 0. The van der Waals surface area contributed by atoms with E-state index in [2.05, 4.69) is 75.1 Å². The van der Waals surface area contributed by atoms with Gasteiger partial charge in [-0.1, -0.05) is 191 Å². The van der Waals surface area contributed by atoms with Crippen LogP contribution >= 0.6 is 0 Å². The molecule has 0 N–H and O–H groups in total. The van der Waals surface area contributed by atoms with Crippen LogP contribution in [0.25, 0.3) is 0 Å². The summed E-state index contributed by atoms with van der Waals surface area (Å²) < 4.78 is 0. The van der Waals surface area contributed by atoms with Crippen molar-refractivity contribution in [1.82, 2.24) is 0 Å². The molecule has 0 spiro atoms. The molecule has 0 aliphatic heterocycles. The highest BCUT2D eigenvalue weighted by molar-refractivity contribution is 4.93. The Balaban J connectivity index is 3.57. The molecule has 0 aromatic carbocycles. The van der Waals surface area contributed by atoms with Crippen LogP contribution in [-0.4, -0.2) is 0 Å². The molecule has 0 radical (unpaired) electrons. The van der Waals surface area contributed by atoms with Crippen LogP contribution in [0.5, 0.6) is 0 Å². The highest BCUT2D eigenvalue weighted by atomic mass is 14.1. The summed E-state index contributed by atoms with van der Waals surface area (Å²) in [5.74, 6) is 0.940. The van der Waals surface area contributed by atoms with Crippen LogP contribution in [0.3, 0.4) is 0 Å². The first-order valence-corrected chi connectivity index (χ1v) is 20.1. The van der Waals surface area contributed by atoms with Crippen molar-refractivity contribution in [2.45, 2.75) is 213 Å². The Morgan fingerprint density at radius 2 is 0.659 bits per heavy atom. The minimum Gasteiger partial charge on any atom is -0.103 e. The predicted octanol–water partition coefficient (Wildman–Crippen LogP) is 16.1. The average Bonchev–Trinajstić information content (AvgIpc) is 3.04. The molecule has 256 valence electrons. The van der Waals surface area contributed by atoms with Gasteiger partial charge in [0, 0.05) is 0 Å². The number of unbranched alkanes of at least 4 members (excludes halogenated alkanes) is 21. The van der Waals surface area contributed by atoms with Gasteiger partial charge in [-0.15, -0.1) is 6.58 Å². The van der Waals surface area contributed by atoms with Gasteiger partial charge < -0.3 is 0 Å². The van der Waals surface area contributed by atoms with E-state index in [1.807, 2.05) is 0 Å². The van der Waals surface area contributed by atoms with E-state index in [1.165, 1.54) is 186 Å². The second kappa shape index (κ2) is 39.7. The fourth-order valence-electron chi connectivity index (χ4n) is 6.16. The van der Waals surface area contributed by atoms with Crippen LogP contribution in [0.4, 0.5) is 0 Å². The van der Waals surface area contributed by atoms with Crippen molar-refractivity contribution < 1.29 is 0 Å². The topological polar surface area (TPSA) is 0 Å². The lowest BCUT2D eigenvalue weighted by atomic mass is 9.90. The van der Waals surface area contributed by atoms with Crippen molar-refractivity contribution >= 4 is 0 Å². The van der Waals surface area contributed by atoms with E-state index in [-0.39, 0.29) is 0 Å². The molecule has 0 bridgehead atoms. The quantitative estimate of drug-likeness (QED) is 0.0490. The molecule has 0 aliphatic carbocycles. The predicted molar refractivity (Wildman–Crippen MR) is 205 cm³/mol. The Morgan fingerprint density at radius 3 is 1.00 bits per heavy atom. The fourth-order valence-corrected chi connectivity index (χ4v) is 6.16. The normalized spacial score (nSPS) is 13.0. The van der Waals surface area contributed by atoms with E-state index in [1.54, 1.807) is 0 Å². The zero-order chi connectivity index (χ0) is 31.9. The van der Waals surface area contributed by atoms with E-state index in [4.69, 9.17) is 0 Å². The van der Waals surface area contributed by atoms with E-state index >= 15 is 0 Å².